The van der Waals surface area contributed by atoms with Crippen LogP contribution in [0.4, 0.5) is 0 Å². The second-order valence-electron chi connectivity index (χ2n) is 3.88. The first-order valence-electron chi connectivity index (χ1n) is 4.50. The number of carbonyl (C=O) groups is 1. The minimum atomic E-state index is -1.57. The molecule has 0 saturated heterocycles. The highest BCUT2D eigenvalue weighted by Crippen LogP contribution is 2.74. The molecule has 0 aromatic rings. The molecule has 0 radical (unpaired) electrons. The van der Waals surface area contributed by atoms with Crippen LogP contribution in [0.1, 0.15) is 6.42 Å². The van der Waals surface area contributed by atoms with Crippen LogP contribution < -0.4 is 0 Å². The van der Waals surface area contributed by atoms with Crippen molar-refractivity contribution in [3.05, 3.63) is 10.1 Å². The maximum absolute atomic E-state index is 10.3. The lowest BCUT2D eigenvalue weighted by molar-refractivity contribution is -0.103. The summed E-state index contributed by atoms with van der Waals surface area (Å²) in [5, 5.41) is 0.238. The van der Waals surface area contributed by atoms with Crippen molar-refractivity contribution in [2.75, 3.05) is 0 Å². The van der Waals surface area contributed by atoms with Gasteiger partial charge in [0.1, 0.15) is 9.75 Å². The Morgan fingerprint density at radius 3 is 2.18 bits per heavy atom. The van der Waals surface area contributed by atoms with Crippen LogP contribution >= 0.6 is 69.6 Å². The first-order valence-corrected chi connectivity index (χ1v) is 6.77. The van der Waals surface area contributed by atoms with Gasteiger partial charge in [-0.2, -0.15) is 0 Å². The number of rotatable bonds is 0. The summed E-state index contributed by atoms with van der Waals surface area (Å²) in [7, 11) is 0. The van der Waals surface area contributed by atoms with E-state index in [4.69, 9.17) is 69.6 Å². The molecule has 2 aliphatic carbocycles. The van der Waals surface area contributed by atoms with Crippen LogP contribution in [0, 0.1) is 17.8 Å². The third kappa shape index (κ3) is 1.46. The van der Waals surface area contributed by atoms with Gasteiger partial charge in [0.05, 0.1) is 16.0 Å². The summed E-state index contributed by atoms with van der Waals surface area (Å²) in [5.74, 6) is 4.40. The van der Waals surface area contributed by atoms with Crippen molar-refractivity contribution in [3.63, 3.8) is 0 Å². The molecule has 0 aliphatic heterocycles. The molecule has 3 atom stereocenters. The molecular formula is C10H4Cl6O. The van der Waals surface area contributed by atoms with Gasteiger partial charge in [0, 0.05) is 0 Å². The van der Waals surface area contributed by atoms with Crippen molar-refractivity contribution in [3.8, 4) is 11.8 Å². The molecule has 0 N–H and O–H groups in total. The first kappa shape index (κ1) is 14.1. The van der Waals surface area contributed by atoms with E-state index in [1.807, 2.05) is 0 Å². The Balaban J connectivity index is 2.62. The molecule has 0 aromatic heterocycles. The zero-order valence-corrected chi connectivity index (χ0v) is 12.6. The molecule has 2 rings (SSSR count). The number of halogens is 6. The Bertz CT molecular complexity index is 487. The van der Waals surface area contributed by atoms with Gasteiger partial charge in [0.2, 0.25) is 0 Å². The number of fused-ring (bicyclic) bond motifs is 2. The summed E-state index contributed by atoms with van der Waals surface area (Å²) in [6.45, 7) is 0. The summed E-state index contributed by atoms with van der Waals surface area (Å²) in [6, 6.07) is 0. The van der Waals surface area contributed by atoms with Crippen LogP contribution in [-0.2, 0) is 4.79 Å². The number of aldehydes is 1. The van der Waals surface area contributed by atoms with Crippen LogP contribution in [0.5, 0.6) is 0 Å². The summed E-state index contributed by atoms with van der Waals surface area (Å²) < 4.78 is -1.57. The number of hydrogen-bond donors (Lipinski definition) is 0. The summed E-state index contributed by atoms with van der Waals surface area (Å²) in [5.41, 5.74) is 0. The molecule has 7 heteroatoms. The topological polar surface area (TPSA) is 17.1 Å². The minimum absolute atomic E-state index is 0.0947. The minimum Gasteiger partial charge on any atom is -0.289 e. The van der Waals surface area contributed by atoms with Crippen molar-refractivity contribution in [1.82, 2.24) is 0 Å². The standard InChI is InChI=1S/C10H4Cl6O/c11-6-7(12)9(14)5(2-1-3-17)4-8(6,13)10(9,15)16/h3,5H,4H2. The van der Waals surface area contributed by atoms with Crippen LogP contribution in [0.25, 0.3) is 0 Å². The molecule has 0 amide bonds. The van der Waals surface area contributed by atoms with Crippen molar-refractivity contribution >= 4 is 75.9 Å². The molecule has 17 heavy (non-hydrogen) atoms. The molecule has 92 valence electrons. The zero-order valence-electron chi connectivity index (χ0n) is 8.04. The lowest BCUT2D eigenvalue weighted by Gasteiger charge is -2.31. The smallest absolute Gasteiger partial charge is 0.192 e. The lowest BCUT2D eigenvalue weighted by atomic mass is 9.93. The average Bonchev–Trinajstić information content (AvgIpc) is 2.48. The fourth-order valence-corrected chi connectivity index (χ4v) is 4.92. The second-order valence-corrected chi connectivity index (χ2v) is 7.20. The largest absolute Gasteiger partial charge is 0.289 e. The molecule has 2 aliphatic rings. The van der Waals surface area contributed by atoms with E-state index in [9.17, 15) is 4.79 Å². The first-order chi connectivity index (χ1) is 7.73. The van der Waals surface area contributed by atoms with Crippen molar-refractivity contribution < 1.29 is 4.79 Å². The maximum atomic E-state index is 10.3. The van der Waals surface area contributed by atoms with Crippen LogP contribution in [0.2, 0.25) is 0 Å². The van der Waals surface area contributed by atoms with Gasteiger partial charge in [0.25, 0.3) is 0 Å². The molecule has 1 saturated carbocycles. The predicted octanol–water partition coefficient (Wildman–Crippen LogP) is 4.04. The highest BCUT2D eigenvalue weighted by atomic mass is 35.5. The van der Waals surface area contributed by atoms with Crippen LogP contribution in [0.15, 0.2) is 10.1 Å². The molecular weight excluding hydrogens is 349 g/mol. The number of carbonyl (C=O) groups excluding carboxylic acids is 1. The summed E-state index contributed by atoms with van der Waals surface area (Å²) in [4.78, 5) is 7.62. The van der Waals surface area contributed by atoms with Crippen molar-refractivity contribution in [1.29, 1.82) is 0 Å². The van der Waals surface area contributed by atoms with Gasteiger partial charge in [-0.3, -0.25) is 4.79 Å². The van der Waals surface area contributed by atoms with E-state index in [0.29, 0.717) is 6.29 Å². The molecule has 0 heterocycles. The van der Waals surface area contributed by atoms with E-state index < -0.39 is 20.0 Å². The van der Waals surface area contributed by atoms with E-state index in [0.717, 1.165) is 0 Å². The van der Waals surface area contributed by atoms with Crippen molar-refractivity contribution in [2.24, 2.45) is 5.92 Å². The molecule has 1 fully saturated rings. The van der Waals surface area contributed by atoms with E-state index in [2.05, 4.69) is 11.8 Å². The fourth-order valence-electron chi connectivity index (χ4n) is 2.19. The van der Waals surface area contributed by atoms with Gasteiger partial charge in [-0.25, -0.2) is 0 Å². The highest BCUT2D eigenvalue weighted by molar-refractivity contribution is 6.65. The molecule has 2 bridgehead atoms. The Morgan fingerprint density at radius 1 is 1.18 bits per heavy atom. The number of allylic oxidation sites excluding steroid dienone is 2. The van der Waals surface area contributed by atoms with E-state index in [1.54, 1.807) is 0 Å². The average molecular weight is 353 g/mol. The van der Waals surface area contributed by atoms with Gasteiger partial charge >= 0.3 is 0 Å². The molecule has 0 spiro atoms. The van der Waals surface area contributed by atoms with E-state index in [1.165, 1.54) is 0 Å². The molecule has 3 unspecified atom stereocenters. The number of hydrogen-bond acceptors (Lipinski definition) is 1. The van der Waals surface area contributed by atoms with E-state index >= 15 is 0 Å². The van der Waals surface area contributed by atoms with Crippen LogP contribution in [-0.4, -0.2) is 20.4 Å². The lowest BCUT2D eigenvalue weighted by Crippen LogP contribution is -2.44. The Morgan fingerprint density at radius 2 is 1.76 bits per heavy atom. The van der Waals surface area contributed by atoms with E-state index in [-0.39, 0.29) is 16.5 Å². The fraction of sp³-hybridized carbons (Fsp3) is 0.500. The zero-order chi connectivity index (χ0) is 13.1. The maximum Gasteiger partial charge on any atom is 0.192 e. The molecule has 1 nitrogen and oxygen atoms in total. The monoisotopic (exact) mass is 350 g/mol. The van der Waals surface area contributed by atoms with Crippen molar-refractivity contribution in [2.45, 2.75) is 20.5 Å². The Labute approximate surface area is 128 Å². The third-order valence-electron chi connectivity index (χ3n) is 3.10. The number of alkyl halides is 4. The Hall–Kier alpha value is 0.710. The van der Waals surface area contributed by atoms with Gasteiger partial charge in [0.15, 0.2) is 10.6 Å². The van der Waals surface area contributed by atoms with Crippen LogP contribution in [0.3, 0.4) is 0 Å². The Kier molecular flexibility index (Phi) is 3.41. The second kappa shape index (κ2) is 4.10. The summed E-state index contributed by atoms with van der Waals surface area (Å²) in [6.07, 6.45) is 0.692. The SMILES string of the molecule is O=CC#CC1CC2(Cl)C(Cl)=C(Cl)C1(Cl)C2(Cl)Cl. The molecule has 0 aromatic carbocycles. The third-order valence-corrected chi connectivity index (χ3v) is 7.38. The quantitative estimate of drug-likeness (QED) is 0.365. The highest BCUT2D eigenvalue weighted by Gasteiger charge is 2.78. The van der Waals surface area contributed by atoms with Gasteiger partial charge in [-0.15, -0.1) is 23.2 Å². The van der Waals surface area contributed by atoms with Gasteiger partial charge < -0.3 is 0 Å². The van der Waals surface area contributed by atoms with Gasteiger partial charge in [-0.1, -0.05) is 52.3 Å². The normalized spacial score (nSPS) is 42.4. The predicted molar refractivity (Wildman–Crippen MR) is 72.3 cm³/mol. The van der Waals surface area contributed by atoms with Gasteiger partial charge in [-0.05, 0) is 12.3 Å². The summed E-state index contributed by atoms with van der Waals surface area (Å²) >= 11 is 37.2.